The molecule has 0 spiro atoms. The maximum Gasteiger partial charge on any atom is 0.391 e. The van der Waals surface area contributed by atoms with Crippen molar-refractivity contribution in [1.29, 1.82) is 0 Å². The van der Waals surface area contributed by atoms with Gasteiger partial charge in [-0.1, -0.05) is 13.8 Å². The smallest absolute Gasteiger partial charge is 0.344 e. The number of halogens is 3. The molecule has 0 radical (unpaired) electrons. The van der Waals surface area contributed by atoms with Gasteiger partial charge in [0, 0.05) is 19.0 Å². The molecule has 7 heteroatoms. The number of nitrogens with zero attached hydrogens (tertiary/aromatic N) is 1. The lowest BCUT2D eigenvalue weighted by molar-refractivity contribution is -0.154. The molecule has 0 aliphatic carbocycles. The molecule has 0 bridgehead atoms. The van der Waals surface area contributed by atoms with Gasteiger partial charge in [-0.15, -0.1) is 0 Å². The molecule has 1 aliphatic heterocycles. The molecule has 0 aromatic carbocycles. The topological polar surface area (TPSA) is 49.4 Å². The minimum atomic E-state index is -4.32. The molecule has 0 saturated carbocycles. The molecule has 2 unspecified atom stereocenters. The van der Waals surface area contributed by atoms with Gasteiger partial charge in [-0.3, -0.25) is 9.59 Å². The Hall–Kier alpha value is -1.27. The summed E-state index contributed by atoms with van der Waals surface area (Å²) in [6.07, 6.45) is -5.34. The van der Waals surface area contributed by atoms with Crippen molar-refractivity contribution < 1.29 is 22.8 Å². The Labute approximate surface area is 110 Å². The van der Waals surface area contributed by atoms with E-state index in [1.54, 1.807) is 13.8 Å². The Kier molecular flexibility index (Phi) is 4.81. The molecule has 1 rings (SSSR count). The summed E-state index contributed by atoms with van der Waals surface area (Å²) < 4.78 is 37.2. The zero-order chi connectivity index (χ0) is 14.8. The lowest BCUT2D eigenvalue weighted by Gasteiger charge is -2.31. The van der Waals surface area contributed by atoms with Crippen LogP contribution in [0.5, 0.6) is 0 Å². The first-order valence-electron chi connectivity index (χ1n) is 6.28. The molecule has 2 amide bonds. The molecule has 1 N–H and O–H groups in total. The number of nitrogens with one attached hydrogen (secondary N) is 1. The summed E-state index contributed by atoms with van der Waals surface area (Å²) in [7, 11) is 0. The van der Waals surface area contributed by atoms with Crippen LogP contribution in [0.15, 0.2) is 0 Å². The van der Waals surface area contributed by atoms with Crippen LogP contribution in [0, 0.1) is 5.92 Å². The highest BCUT2D eigenvalue weighted by Gasteiger charge is 2.38. The normalized spacial score (nSPS) is 23.3. The van der Waals surface area contributed by atoms with Crippen molar-refractivity contribution in [3.8, 4) is 0 Å². The molecule has 1 heterocycles. The molecule has 0 aromatic rings. The summed E-state index contributed by atoms with van der Waals surface area (Å²) in [5.74, 6) is -0.888. The Morgan fingerprint density at radius 2 is 1.89 bits per heavy atom. The number of carbonyl (C=O) groups is 2. The third-order valence-corrected chi connectivity index (χ3v) is 3.17. The third kappa shape index (κ3) is 4.40. The van der Waals surface area contributed by atoms with E-state index < -0.39 is 30.6 Å². The van der Waals surface area contributed by atoms with Gasteiger partial charge in [0.25, 0.3) is 0 Å². The van der Waals surface area contributed by atoms with Crippen LogP contribution in [-0.2, 0) is 9.59 Å². The third-order valence-electron chi connectivity index (χ3n) is 3.17. The van der Waals surface area contributed by atoms with Gasteiger partial charge in [-0.05, 0) is 12.8 Å². The van der Waals surface area contributed by atoms with Crippen molar-refractivity contribution in [3.63, 3.8) is 0 Å². The van der Waals surface area contributed by atoms with Crippen molar-refractivity contribution in [2.24, 2.45) is 5.92 Å². The van der Waals surface area contributed by atoms with Gasteiger partial charge in [-0.25, -0.2) is 0 Å². The van der Waals surface area contributed by atoms with E-state index in [-0.39, 0.29) is 24.8 Å². The van der Waals surface area contributed by atoms with Crippen LogP contribution in [0.2, 0.25) is 0 Å². The molecule has 19 heavy (non-hydrogen) atoms. The van der Waals surface area contributed by atoms with E-state index >= 15 is 0 Å². The second-order valence-corrected chi connectivity index (χ2v) is 5.24. The predicted molar refractivity (Wildman–Crippen MR) is 63.2 cm³/mol. The van der Waals surface area contributed by atoms with Crippen LogP contribution >= 0.6 is 0 Å². The van der Waals surface area contributed by atoms with Crippen molar-refractivity contribution in [2.45, 2.75) is 51.9 Å². The molecule has 2 atom stereocenters. The Balaban J connectivity index is 2.86. The highest BCUT2D eigenvalue weighted by atomic mass is 19.4. The Morgan fingerprint density at radius 1 is 1.32 bits per heavy atom. The number of carbonyl (C=O) groups excluding carboxylic acids is 2. The minimum absolute atomic E-state index is 0.0329. The van der Waals surface area contributed by atoms with E-state index in [1.807, 2.05) is 0 Å². The first-order valence-corrected chi connectivity index (χ1v) is 6.28. The van der Waals surface area contributed by atoms with E-state index in [1.165, 1.54) is 6.92 Å². The van der Waals surface area contributed by atoms with E-state index in [0.29, 0.717) is 0 Å². The summed E-state index contributed by atoms with van der Waals surface area (Å²) in [6.45, 7) is 4.89. The summed E-state index contributed by atoms with van der Waals surface area (Å²) in [4.78, 5) is 24.9. The number of rotatable bonds is 3. The van der Waals surface area contributed by atoms with E-state index in [2.05, 4.69) is 5.32 Å². The van der Waals surface area contributed by atoms with E-state index in [0.717, 1.165) is 4.90 Å². The van der Waals surface area contributed by atoms with Crippen molar-refractivity contribution in [1.82, 2.24) is 10.2 Å². The Bertz CT molecular complexity index is 355. The standard InChI is InChI=1S/C12H19F3N2O2/c1-7(2)10-11(19)17(5-4-9(18)16-10)8(3)6-12(13,14)15/h7-8,10H,4-6H2,1-3H3,(H,16,18). The number of hydrogen-bond donors (Lipinski definition) is 1. The maximum absolute atomic E-state index is 12.4. The van der Waals surface area contributed by atoms with Crippen LogP contribution in [0.1, 0.15) is 33.6 Å². The second-order valence-electron chi connectivity index (χ2n) is 5.24. The van der Waals surface area contributed by atoms with Crippen molar-refractivity contribution in [2.75, 3.05) is 6.54 Å². The fourth-order valence-electron chi connectivity index (χ4n) is 2.15. The van der Waals surface area contributed by atoms with E-state index in [9.17, 15) is 22.8 Å². The molecule has 1 fully saturated rings. The first kappa shape index (κ1) is 15.8. The van der Waals surface area contributed by atoms with Gasteiger partial charge in [-0.2, -0.15) is 13.2 Å². The molecule has 0 aromatic heterocycles. The lowest BCUT2D eigenvalue weighted by Crippen LogP contribution is -2.50. The first-order chi connectivity index (χ1) is 8.61. The largest absolute Gasteiger partial charge is 0.391 e. The van der Waals surface area contributed by atoms with Gasteiger partial charge < -0.3 is 10.2 Å². The van der Waals surface area contributed by atoms with E-state index in [4.69, 9.17) is 0 Å². The van der Waals surface area contributed by atoms with Gasteiger partial charge >= 0.3 is 6.18 Å². The number of amides is 2. The van der Waals surface area contributed by atoms with Crippen molar-refractivity contribution in [3.05, 3.63) is 0 Å². The maximum atomic E-state index is 12.4. The summed E-state index contributed by atoms with van der Waals surface area (Å²) >= 11 is 0. The fraction of sp³-hybridized carbons (Fsp3) is 0.833. The summed E-state index contributed by atoms with van der Waals surface area (Å²) in [5, 5.41) is 2.56. The zero-order valence-electron chi connectivity index (χ0n) is 11.3. The highest BCUT2D eigenvalue weighted by Crippen LogP contribution is 2.25. The van der Waals surface area contributed by atoms with Gasteiger partial charge in [0.05, 0.1) is 6.42 Å². The number of alkyl halides is 3. The predicted octanol–water partition coefficient (Wildman–Crippen LogP) is 1.70. The Morgan fingerprint density at radius 3 is 2.37 bits per heavy atom. The van der Waals surface area contributed by atoms with Crippen molar-refractivity contribution >= 4 is 11.8 Å². The molecular formula is C12H19F3N2O2. The quantitative estimate of drug-likeness (QED) is 0.855. The lowest BCUT2D eigenvalue weighted by atomic mass is 10.0. The molecule has 110 valence electrons. The highest BCUT2D eigenvalue weighted by molar-refractivity contribution is 5.90. The summed E-state index contributed by atoms with van der Waals surface area (Å²) in [6, 6.07) is -1.70. The van der Waals surface area contributed by atoms with Crippen LogP contribution in [0.4, 0.5) is 13.2 Å². The van der Waals surface area contributed by atoms with Crippen LogP contribution in [-0.4, -0.2) is 41.5 Å². The summed E-state index contributed by atoms with van der Waals surface area (Å²) in [5.41, 5.74) is 0. The average molecular weight is 280 g/mol. The monoisotopic (exact) mass is 280 g/mol. The molecule has 1 saturated heterocycles. The van der Waals surface area contributed by atoms with Crippen LogP contribution < -0.4 is 5.32 Å². The molecule has 4 nitrogen and oxygen atoms in total. The average Bonchev–Trinajstić information content (AvgIpc) is 2.36. The molecule has 1 aliphatic rings. The number of hydrogen-bond acceptors (Lipinski definition) is 2. The van der Waals surface area contributed by atoms with Gasteiger partial charge in [0.1, 0.15) is 6.04 Å². The minimum Gasteiger partial charge on any atom is -0.344 e. The fourth-order valence-corrected chi connectivity index (χ4v) is 2.15. The molecular weight excluding hydrogens is 261 g/mol. The zero-order valence-corrected chi connectivity index (χ0v) is 11.3. The van der Waals surface area contributed by atoms with Crippen LogP contribution in [0.25, 0.3) is 0 Å². The van der Waals surface area contributed by atoms with Gasteiger partial charge in [0.2, 0.25) is 11.8 Å². The SMILES string of the molecule is CC(C)C1NC(=O)CCN(C(C)CC(F)(F)F)C1=O. The van der Waals surface area contributed by atoms with Crippen LogP contribution in [0.3, 0.4) is 0 Å². The second kappa shape index (κ2) is 5.79. The van der Waals surface area contributed by atoms with Gasteiger partial charge in [0.15, 0.2) is 0 Å².